The van der Waals surface area contributed by atoms with Crippen molar-refractivity contribution in [3.63, 3.8) is 0 Å². The summed E-state index contributed by atoms with van der Waals surface area (Å²) in [5.41, 5.74) is 2.16. The van der Waals surface area contributed by atoms with Crippen molar-refractivity contribution in [3.05, 3.63) is 60.7 Å². The number of ether oxygens (including phenoxy) is 1. The number of aromatic nitrogens is 2. The quantitative estimate of drug-likeness (QED) is 0.609. The molecule has 0 amide bonds. The van der Waals surface area contributed by atoms with Gasteiger partial charge in [-0.3, -0.25) is 0 Å². The predicted octanol–water partition coefficient (Wildman–Crippen LogP) is 4.75. The van der Waals surface area contributed by atoms with Crippen LogP contribution >= 0.6 is 0 Å². The monoisotopic (exact) mass is 430 g/mol. The Morgan fingerprint density at radius 1 is 0.968 bits per heavy atom. The van der Waals surface area contributed by atoms with Gasteiger partial charge in [0, 0.05) is 30.4 Å². The van der Waals surface area contributed by atoms with Crippen molar-refractivity contribution in [2.24, 2.45) is 0 Å². The van der Waals surface area contributed by atoms with Crippen molar-refractivity contribution in [2.45, 2.75) is 25.3 Å². The lowest BCUT2D eigenvalue weighted by Gasteiger charge is -2.30. The Morgan fingerprint density at radius 2 is 1.65 bits per heavy atom. The highest BCUT2D eigenvalue weighted by atomic mass is 19.4. The molecule has 0 saturated carbocycles. The summed E-state index contributed by atoms with van der Waals surface area (Å²) >= 11 is 0. The van der Waals surface area contributed by atoms with E-state index in [9.17, 15) is 18.3 Å². The summed E-state index contributed by atoms with van der Waals surface area (Å²) in [6, 6.07) is 16.9. The van der Waals surface area contributed by atoms with E-state index in [1.54, 1.807) is 0 Å². The van der Waals surface area contributed by atoms with Crippen molar-refractivity contribution < 1.29 is 23.0 Å². The summed E-state index contributed by atoms with van der Waals surface area (Å²) in [7, 11) is 0. The van der Waals surface area contributed by atoms with Gasteiger partial charge < -0.3 is 20.1 Å². The Morgan fingerprint density at radius 3 is 2.29 bits per heavy atom. The van der Waals surface area contributed by atoms with E-state index in [2.05, 4.69) is 24.9 Å². The number of aliphatic hydroxyl groups excluding tert-OH is 1. The van der Waals surface area contributed by atoms with E-state index in [1.807, 2.05) is 36.4 Å². The van der Waals surface area contributed by atoms with Crippen LogP contribution in [0.15, 0.2) is 60.7 Å². The average molecular weight is 430 g/mol. The average Bonchev–Trinajstić information content (AvgIpc) is 2.75. The van der Waals surface area contributed by atoms with Gasteiger partial charge >= 0.3 is 6.36 Å². The SMILES string of the molecule is OC1CCN(c2cc(-c3ccccc3)nc(Nc3ccc(OC(F)(F)F)cc3)n2)CC1. The van der Waals surface area contributed by atoms with Crippen LogP contribution in [0.4, 0.5) is 30.6 Å². The van der Waals surface area contributed by atoms with Crippen LogP contribution in [0.1, 0.15) is 12.8 Å². The molecule has 1 aromatic heterocycles. The zero-order chi connectivity index (χ0) is 21.8. The van der Waals surface area contributed by atoms with Gasteiger partial charge in [0.1, 0.15) is 11.6 Å². The summed E-state index contributed by atoms with van der Waals surface area (Å²) < 4.78 is 41.0. The third kappa shape index (κ3) is 5.64. The van der Waals surface area contributed by atoms with E-state index in [4.69, 9.17) is 0 Å². The molecule has 2 N–H and O–H groups in total. The Hall–Kier alpha value is -3.33. The number of halogens is 3. The van der Waals surface area contributed by atoms with Crippen LogP contribution < -0.4 is 15.0 Å². The van der Waals surface area contributed by atoms with E-state index in [-0.39, 0.29) is 11.9 Å². The highest BCUT2D eigenvalue weighted by molar-refractivity contribution is 5.66. The normalized spacial score (nSPS) is 15.0. The lowest BCUT2D eigenvalue weighted by Crippen LogP contribution is -2.36. The summed E-state index contributed by atoms with van der Waals surface area (Å²) in [5.74, 6) is 0.747. The number of alkyl halides is 3. The summed E-state index contributed by atoms with van der Waals surface area (Å²) in [6.07, 6.45) is -3.72. The highest BCUT2D eigenvalue weighted by Gasteiger charge is 2.31. The number of rotatable bonds is 5. The molecule has 0 aliphatic carbocycles. The molecule has 2 heterocycles. The van der Waals surface area contributed by atoms with E-state index >= 15 is 0 Å². The molecule has 0 unspecified atom stereocenters. The molecule has 2 aromatic carbocycles. The second-order valence-corrected chi connectivity index (χ2v) is 7.22. The number of hydrogen-bond donors (Lipinski definition) is 2. The lowest BCUT2D eigenvalue weighted by atomic mass is 10.1. The minimum atomic E-state index is -4.74. The zero-order valence-electron chi connectivity index (χ0n) is 16.5. The fourth-order valence-corrected chi connectivity index (χ4v) is 3.37. The van der Waals surface area contributed by atoms with Gasteiger partial charge in [-0.15, -0.1) is 13.2 Å². The van der Waals surface area contributed by atoms with Crippen molar-refractivity contribution in [3.8, 4) is 17.0 Å². The summed E-state index contributed by atoms with van der Waals surface area (Å²) in [4.78, 5) is 11.3. The minimum absolute atomic E-state index is 0.301. The molecule has 6 nitrogen and oxygen atoms in total. The van der Waals surface area contributed by atoms with Crippen molar-refractivity contribution in [1.82, 2.24) is 9.97 Å². The Kier molecular flexibility index (Phi) is 5.94. The fourth-order valence-electron chi connectivity index (χ4n) is 3.37. The molecule has 3 aromatic rings. The van der Waals surface area contributed by atoms with E-state index in [1.165, 1.54) is 24.3 Å². The zero-order valence-corrected chi connectivity index (χ0v) is 16.5. The first kappa shape index (κ1) is 20.9. The van der Waals surface area contributed by atoms with Crippen LogP contribution in [-0.4, -0.2) is 40.6 Å². The molecule has 4 rings (SSSR count). The van der Waals surface area contributed by atoms with E-state index in [0.29, 0.717) is 37.6 Å². The summed E-state index contributed by atoms with van der Waals surface area (Å²) in [6.45, 7) is 1.35. The van der Waals surface area contributed by atoms with Gasteiger partial charge in [0.05, 0.1) is 11.8 Å². The lowest BCUT2D eigenvalue weighted by molar-refractivity contribution is -0.274. The van der Waals surface area contributed by atoms with Gasteiger partial charge in [-0.2, -0.15) is 4.98 Å². The smallest absolute Gasteiger partial charge is 0.406 e. The minimum Gasteiger partial charge on any atom is -0.406 e. The number of aliphatic hydroxyl groups is 1. The molecule has 1 fully saturated rings. The third-order valence-corrected chi connectivity index (χ3v) is 4.91. The first-order valence-corrected chi connectivity index (χ1v) is 9.86. The molecule has 31 heavy (non-hydrogen) atoms. The van der Waals surface area contributed by atoms with Crippen molar-refractivity contribution in [2.75, 3.05) is 23.3 Å². The number of nitrogens with zero attached hydrogens (tertiary/aromatic N) is 3. The number of piperidine rings is 1. The first-order chi connectivity index (χ1) is 14.9. The molecular weight excluding hydrogens is 409 g/mol. The molecule has 0 bridgehead atoms. The Balaban J connectivity index is 1.61. The molecule has 1 aliphatic rings. The van der Waals surface area contributed by atoms with Gasteiger partial charge in [0.15, 0.2) is 0 Å². The molecule has 1 aliphatic heterocycles. The Labute approximate surface area is 177 Å². The van der Waals surface area contributed by atoms with Crippen LogP contribution in [0.3, 0.4) is 0 Å². The molecule has 0 atom stereocenters. The number of benzene rings is 2. The molecule has 162 valence electrons. The Bertz CT molecular complexity index is 1010. The predicted molar refractivity (Wildman–Crippen MR) is 111 cm³/mol. The molecule has 0 radical (unpaired) electrons. The van der Waals surface area contributed by atoms with Crippen LogP contribution in [-0.2, 0) is 0 Å². The first-order valence-electron chi connectivity index (χ1n) is 9.86. The topological polar surface area (TPSA) is 70.5 Å². The maximum atomic E-state index is 12.4. The highest BCUT2D eigenvalue weighted by Crippen LogP contribution is 2.28. The largest absolute Gasteiger partial charge is 0.573 e. The van der Waals surface area contributed by atoms with Gasteiger partial charge in [-0.05, 0) is 37.1 Å². The second kappa shape index (κ2) is 8.81. The number of nitrogens with one attached hydrogen (secondary N) is 1. The van der Waals surface area contributed by atoms with Crippen LogP contribution in [0, 0.1) is 0 Å². The standard InChI is InChI=1S/C22H21F3N4O2/c23-22(24,25)31-18-8-6-16(7-9-18)26-21-27-19(15-4-2-1-3-5-15)14-20(28-21)29-12-10-17(30)11-13-29/h1-9,14,17,30H,10-13H2,(H,26,27,28). The molecule has 9 heteroatoms. The van der Waals surface area contributed by atoms with Crippen molar-refractivity contribution in [1.29, 1.82) is 0 Å². The number of anilines is 3. The second-order valence-electron chi connectivity index (χ2n) is 7.22. The van der Waals surface area contributed by atoms with Gasteiger partial charge in [0.2, 0.25) is 5.95 Å². The van der Waals surface area contributed by atoms with Crippen LogP contribution in [0.5, 0.6) is 5.75 Å². The fraction of sp³-hybridized carbons (Fsp3) is 0.273. The van der Waals surface area contributed by atoms with Gasteiger partial charge in [-0.1, -0.05) is 30.3 Å². The molecular formula is C22H21F3N4O2. The maximum absolute atomic E-state index is 12.4. The van der Waals surface area contributed by atoms with E-state index in [0.717, 1.165) is 17.1 Å². The van der Waals surface area contributed by atoms with E-state index < -0.39 is 6.36 Å². The maximum Gasteiger partial charge on any atom is 0.573 e. The van der Waals surface area contributed by atoms with Gasteiger partial charge in [-0.25, -0.2) is 4.98 Å². The van der Waals surface area contributed by atoms with Crippen LogP contribution in [0.25, 0.3) is 11.3 Å². The van der Waals surface area contributed by atoms with Crippen LogP contribution in [0.2, 0.25) is 0 Å². The summed E-state index contributed by atoms with van der Waals surface area (Å²) in [5, 5.41) is 12.9. The third-order valence-electron chi connectivity index (χ3n) is 4.91. The van der Waals surface area contributed by atoms with Crippen molar-refractivity contribution >= 4 is 17.5 Å². The van der Waals surface area contributed by atoms with Gasteiger partial charge in [0.25, 0.3) is 0 Å². The number of hydrogen-bond acceptors (Lipinski definition) is 6. The molecule has 0 spiro atoms. The molecule has 1 saturated heterocycles.